The average Bonchev–Trinajstić information content (AvgIpc) is 2.62. The number of fused-ring (bicyclic) bond motifs is 1. The molecule has 1 fully saturated rings. The molecule has 1 aromatic carbocycles. The van der Waals surface area contributed by atoms with Gasteiger partial charge in [-0.25, -0.2) is 4.98 Å². The number of carbonyl (C=O) groups excluding carboxylic acids is 1. The van der Waals surface area contributed by atoms with Gasteiger partial charge in [-0.3, -0.25) is 19.0 Å². The fourth-order valence-electron chi connectivity index (χ4n) is 3.50. The number of carboxylic acids is 1. The van der Waals surface area contributed by atoms with Crippen LogP contribution in [0.2, 0.25) is 0 Å². The SMILES string of the molecule is Cc1cccc2c(=O)n(CCC(=O)NC3CCC(C(=O)O)CC3)cnc12. The highest BCUT2D eigenvalue weighted by molar-refractivity contribution is 5.80. The molecule has 0 atom stereocenters. The van der Waals surface area contributed by atoms with E-state index >= 15 is 0 Å². The van der Waals surface area contributed by atoms with Crippen molar-refractivity contribution in [1.82, 2.24) is 14.9 Å². The Bertz CT molecular complexity index is 882. The summed E-state index contributed by atoms with van der Waals surface area (Å²) < 4.78 is 1.46. The highest BCUT2D eigenvalue weighted by Gasteiger charge is 2.26. The van der Waals surface area contributed by atoms with Crippen LogP contribution in [0.1, 0.15) is 37.7 Å². The van der Waals surface area contributed by atoms with Crippen LogP contribution in [0.15, 0.2) is 29.3 Å². The number of para-hydroxylation sites is 1. The average molecular weight is 357 g/mol. The maximum Gasteiger partial charge on any atom is 0.306 e. The molecule has 2 N–H and O–H groups in total. The third kappa shape index (κ3) is 3.92. The van der Waals surface area contributed by atoms with E-state index in [1.807, 2.05) is 19.1 Å². The molecule has 7 nitrogen and oxygen atoms in total. The first-order valence-corrected chi connectivity index (χ1v) is 8.92. The van der Waals surface area contributed by atoms with Crippen LogP contribution in [0, 0.1) is 12.8 Å². The highest BCUT2D eigenvalue weighted by Crippen LogP contribution is 2.24. The smallest absolute Gasteiger partial charge is 0.306 e. The first-order chi connectivity index (χ1) is 12.5. The summed E-state index contributed by atoms with van der Waals surface area (Å²) in [5.74, 6) is -1.18. The topological polar surface area (TPSA) is 101 Å². The van der Waals surface area contributed by atoms with E-state index in [2.05, 4.69) is 10.3 Å². The minimum absolute atomic E-state index is 0.0206. The normalized spacial score (nSPS) is 20.0. The lowest BCUT2D eigenvalue weighted by molar-refractivity contribution is -0.142. The Morgan fingerprint density at radius 2 is 2.00 bits per heavy atom. The van der Waals surface area contributed by atoms with Crippen LogP contribution in [-0.2, 0) is 16.1 Å². The van der Waals surface area contributed by atoms with Crippen molar-refractivity contribution < 1.29 is 14.7 Å². The number of nitrogens with zero attached hydrogens (tertiary/aromatic N) is 2. The summed E-state index contributed by atoms with van der Waals surface area (Å²) in [5.41, 5.74) is 1.49. The van der Waals surface area contributed by atoms with Gasteiger partial charge in [0.2, 0.25) is 5.91 Å². The number of aliphatic carboxylic acids is 1. The molecule has 0 radical (unpaired) electrons. The van der Waals surface area contributed by atoms with Gasteiger partial charge in [0.1, 0.15) is 0 Å². The molecule has 0 saturated heterocycles. The zero-order valence-electron chi connectivity index (χ0n) is 14.8. The maximum atomic E-state index is 12.5. The van der Waals surface area contributed by atoms with E-state index in [-0.39, 0.29) is 36.4 Å². The summed E-state index contributed by atoms with van der Waals surface area (Å²) in [6.45, 7) is 2.18. The van der Waals surface area contributed by atoms with Crippen LogP contribution >= 0.6 is 0 Å². The number of rotatable bonds is 5. The molecule has 1 aliphatic rings. The second-order valence-corrected chi connectivity index (χ2v) is 6.92. The van der Waals surface area contributed by atoms with Crippen molar-refractivity contribution >= 4 is 22.8 Å². The zero-order chi connectivity index (χ0) is 18.7. The number of benzene rings is 1. The number of nitrogens with one attached hydrogen (secondary N) is 1. The van der Waals surface area contributed by atoms with Gasteiger partial charge >= 0.3 is 5.97 Å². The summed E-state index contributed by atoms with van der Waals surface area (Å²) in [6.07, 6.45) is 4.22. The van der Waals surface area contributed by atoms with E-state index in [1.54, 1.807) is 6.07 Å². The molecule has 1 heterocycles. The number of aromatic nitrogens is 2. The summed E-state index contributed by atoms with van der Waals surface area (Å²) in [7, 11) is 0. The summed E-state index contributed by atoms with van der Waals surface area (Å²) in [6, 6.07) is 5.50. The molecule has 0 bridgehead atoms. The van der Waals surface area contributed by atoms with Gasteiger partial charge in [0, 0.05) is 19.0 Å². The molecule has 0 spiro atoms. The molecular weight excluding hydrogens is 334 g/mol. The van der Waals surface area contributed by atoms with E-state index < -0.39 is 5.97 Å². The predicted molar refractivity (Wildman–Crippen MR) is 96.9 cm³/mol. The van der Waals surface area contributed by atoms with Gasteiger partial charge in [-0.1, -0.05) is 12.1 Å². The lowest BCUT2D eigenvalue weighted by Crippen LogP contribution is -2.39. The van der Waals surface area contributed by atoms with Gasteiger partial charge in [-0.05, 0) is 44.2 Å². The second kappa shape index (κ2) is 7.68. The van der Waals surface area contributed by atoms with Crippen molar-refractivity contribution in [3.8, 4) is 0 Å². The number of hydrogen-bond acceptors (Lipinski definition) is 4. The van der Waals surface area contributed by atoms with Crippen LogP contribution in [-0.4, -0.2) is 32.6 Å². The third-order valence-corrected chi connectivity index (χ3v) is 5.08. The number of aryl methyl sites for hydroxylation is 2. The van der Waals surface area contributed by atoms with Crippen molar-refractivity contribution in [2.24, 2.45) is 5.92 Å². The van der Waals surface area contributed by atoms with Crippen LogP contribution < -0.4 is 10.9 Å². The van der Waals surface area contributed by atoms with E-state index in [4.69, 9.17) is 5.11 Å². The van der Waals surface area contributed by atoms with Crippen molar-refractivity contribution in [2.45, 2.75) is 51.6 Å². The summed E-state index contributed by atoms with van der Waals surface area (Å²) in [5, 5.41) is 12.5. The molecule has 3 rings (SSSR count). The molecular formula is C19H23N3O4. The molecule has 0 aliphatic heterocycles. The second-order valence-electron chi connectivity index (χ2n) is 6.92. The third-order valence-electron chi connectivity index (χ3n) is 5.08. The Labute approximate surface area is 151 Å². The Balaban J connectivity index is 1.57. The van der Waals surface area contributed by atoms with E-state index in [0.717, 1.165) is 5.56 Å². The van der Waals surface area contributed by atoms with Crippen LogP contribution in [0.3, 0.4) is 0 Å². The summed E-state index contributed by atoms with van der Waals surface area (Å²) >= 11 is 0. The van der Waals surface area contributed by atoms with Crippen molar-refractivity contribution in [1.29, 1.82) is 0 Å². The Morgan fingerprint density at radius 1 is 1.27 bits per heavy atom. The monoisotopic (exact) mass is 357 g/mol. The molecule has 1 aromatic heterocycles. The Hall–Kier alpha value is -2.70. The number of amides is 1. The number of carboxylic acid groups (broad SMARTS) is 1. The predicted octanol–water partition coefficient (Wildman–Crippen LogP) is 1.85. The fraction of sp³-hybridized carbons (Fsp3) is 0.474. The van der Waals surface area contributed by atoms with Crippen molar-refractivity contribution in [3.63, 3.8) is 0 Å². The first kappa shape index (κ1) is 18.1. The zero-order valence-corrected chi connectivity index (χ0v) is 14.8. The van der Waals surface area contributed by atoms with Gasteiger partial charge < -0.3 is 10.4 Å². The molecule has 26 heavy (non-hydrogen) atoms. The Morgan fingerprint density at radius 3 is 2.69 bits per heavy atom. The molecule has 0 unspecified atom stereocenters. The lowest BCUT2D eigenvalue weighted by atomic mass is 9.86. The van der Waals surface area contributed by atoms with Crippen LogP contribution in [0.5, 0.6) is 0 Å². The van der Waals surface area contributed by atoms with Gasteiger partial charge in [0.25, 0.3) is 5.56 Å². The molecule has 2 aromatic rings. The number of carbonyl (C=O) groups is 2. The van der Waals surface area contributed by atoms with Crippen LogP contribution in [0.4, 0.5) is 0 Å². The van der Waals surface area contributed by atoms with E-state index in [9.17, 15) is 14.4 Å². The lowest BCUT2D eigenvalue weighted by Gasteiger charge is -2.26. The minimum Gasteiger partial charge on any atom is -0.481 e. The molecule has 1 amide bonds. The highest BCUT2D eigenvalue weighted by atomic mass is 16.4. The first-order valence-electron chi connectivity index (χ1n) is 8.92. The largest absolute Gasteiger partial charge is 0.481 e. The van der Waals surface area contributed by atoms with E-state index in [1.165, 1.54) is 10.9 Å². The van der Waals surface area contributed by atoms with Gasteiger partial charge in [-0.15, -0.1) is 0 Å². The Kier molecular flexibility index (Phi) is 5.35. The van der Waals surface area contributed by atoms with Crippen molar-refractivity contribution in [3.05, 3.63) is 40.4 Å². The molecule has 1 aliphatic carbocycles. The fourth-order valence-corrected chi connectivity index (χ4v) is 3.50. The molecule has 7 heteroatoms. The van der Waals surface area contributed by atoms with Gasteiger partial charge in [-0.2, -0.15) is 0 Å². The van der Waals surface area contributed by atoms with Gasteiger partial charge in [0.05, 0.1) is 23.1 Å². The van der Waals surface area contributed by atoms with Crippen molar-refractivity contribution in [2.75, 3.05) is 0 Å². The molecule has 1 saturated carbocycles. The summed E-state index contributed by atoms with van der Waals surface area (Å²) in [4.78, 5) is 40.0. The quantitative estimate of drug-likeness (QED) is 0.850. The van der Waals surface area contributed by atoms with Crippen LogP contribution in [0.25, 0.3) is 10.9 Å². The maximum absolute atomic E-state index is 12.5. The molecule has 138 valence electrons. The number of hydrogen-bond donors (Lipinski definition) is 2. The van der Waals surface area contributed by atoms with E-state index in [0.29, 0.717) is 36.6 Å². The van der Waals surface area contributed by atoms with Gasteiger partial charge in [0.15, 0.2) is 0 Å². The standard InChI is InChI=1S/C19H23N3O4/c1-12-3-2-4-15-17(12)20-11-22(18(15)24)10-9-16(23)21-14-7-5-13(6-8-14)19(25)26/h2-4,11,13-14H,5-10H2,1H3,(H,21,23)(H,25,26). The minimum atomic E-state index is -0.756.